The second-order valence-corrected chi connectivity index (χ2v) is 4.44. The molecule has 1 aromatic carbocycles. The summed E-state index contributed by atoms with van der Waals surface area (Å²) in [6.07, 6.45) is 0.649. The molecule has 1 fully saturated rings. The number of benzene rings is 1. The summed E-state index contributed by atoms with van der Waals surface area (Å²) in [5, 5.41) is 18.4. The van der Waals surface area contributed by atoms with E-state index in [9.17, 15) is 5.11 Å². The van der Waals surface area contributed by atoms with Crippen LogP contribution in [-0.4, -0.2) is 24.3 Å². The number of aliphatic hydroxyl groups excluding tert-OH is 1. The minimum Gasteiger partial charge on any atom is -0.393 e. The highest BCUT2D eigenvalue weighted by molar-refractivity contribution is 5.50. The van der Waals surface area contributed by atoms with Crippen molar-refractivity contribution >= 4 is 5.69 Å². The fourth-order valence-electron chi connectivity index (χ4n) is 2.11. The molecule has 0 saturated carbocycles. The van der Waals surface area contributed by atoms with Crippen molar-refractivity contribution in [3.8, 4) is 6.07 Å². The van der Waals surface area contributed by atoms with E-state index in [2.05, 4.69) is 17.9 Å². The number of aliphatic hydroxyl groups is 1. The largest absolute Gasteiger partial charge is 0.393 e. The normalized spacial score (nSPS) is 25.2. The van der Waals surface area contributed by atoms with Crippen LogP contribution in [-0.2, 0) is 0 Å². The Bertz CT molecular complexity index is 393. The van der Waals surface area contributed by atoms with E-state index in [0.29, 0.717) is 11.5 Å². The van der Waals surface area contributed by atoms with Crippen molar-refractivity contribution in [2.75, 3.05) is 18.0 Å². The number of anilines is 1. The van der Waals surface area contributed by atoms with Crippen LogP contribution in [0.3, 0.4) is 0 Å². The van der Waals surface area contributed by atoms with Crippen LogP contribution in [0.15, 0.2) is 24.3 Å². The van der Waals surface area contributed by atoms with Gasteiger partial charge in [0.05, 0.1) is 17.7 Å². The first-order chi connectivity index (χ1) is 7.70. The van der Waals surface area contributed by atoms with E-state index in [-0.39, 0.29) is 6.10 Å². The van der Waals surface area contributed by atoms with E-state index in [1.54, 1.807) is 0 Å². The van der Waals surface area contributed by atoms with Gasteiger partial charge in [0, 0.05) is 18.8 Å². The number of hydrogen-bond acceptors (Lipinski definition) is 3. The third-order valence-corrected chi connectivity index (χ3v) is 3.22. The quantitative estimate of drug-likeness (QED) is 0.778. The van der Waals surface area contributed by atoms with Gasteiger partial charge < -0.3 is 10.0 Å². The van der Waals surface area contributed by atoms with Crippen molar-refractivity contribution < 1.29 is 5.11 Å². The van der Waals surface area contributed by atoms with E-state index in [1.807, 2.05) is 24.3 Å². The smallest absolute Gasteiger partial charge is 0.0991 e. The van der Waals surface area contributed by atoms with E-state index in [1.165, 1.54) is 0 Å². The van der Waals surface area contributed by atoms with Gasteiger partial charge in [0.2, 0.25) is 0 Å². The van der Waals surface area contributed by atoms with Crippen LogP contribution < -0.4 is 4.90 Å². The molecular weight excluding hydrogens is 200 g/mol. The highest BCUT2D eigenvalue weighted by Crippen LogP contribution is 2.23. The van der Waals surface area contributed by atoms with E-state index >= 15 is 0 Å². The molecule has 3 nitrogen and oxygen atoms in total. The average Bonchev–Trinajstić information content (AvgIpc) is 2.33. The molecule has 2 rings (SSSR count). The summed E-state index contributed by atoms with van der Waals surface area (Å²) in [7, 11) is 0. The molecule has 0 spiro atoms. The molecule has 1 heterocycles. The van der Waals surface area contributed by atoms with Crippen LogP contribution in [0.4, 0.5) is 5.69 Å². The average molecular weight is 216 g/mol. The van der Waals surface area contributed by atoms with Crippen molar-refractivity contribution in [1.29, 1.82) is 5.26 Å². The van der Waals surface area contributed by atoms with Gasteiger partial charge in [-0.3, -0.25) is 0 Å². The lowest BCUT2D eigenvalue weighted by Crippen LogP contribution is -2.41. The molecule has 0 aromatic heterocycles. The van der Waals surface area contributed by atoms with E-state index < -0.39 is 0 Å². The van der Waals surface area contributed by atoms with Crippen LogP contribution in [0.1, 0.15) is 18.9 Å². The molecule has 0 amide bonds. The summed E-state index contributed by atoms with van der Waals surface area (Å²) in [6.45, 7) is 3.84. The number of piperidine rings is 1. The second kappa shape index (κ2) is 4.54. The molecule has 0 radical (unpaired) electrons. The Labute approximate surface area is 95.9 Å². The molecule has 2 atom stereocenters. The maximum atomic E-state index is 9.65. The van der Waals surface area contributed by atoms with Crippen LogP contribution in [0, 0.1) is 17.2 Å². The van der Waals surface area contributed by atoms with Gasteiger partial charge in [-0.05, 0) is 36.6 Å². The SMILES string of the molecule is CC1CN(c2ccc(C#N)cc2)CCC1O. The number of nitrogens with zero attached hydrogens (tertiary/aromatic N) is 2. The molecule has 1 N–H and O–H groups in total. The van der Waals surface area contributed by atoms with Gasteiger partial charge in [-0.25, -0.2) is 0 Å². The zero-order chi connectivity index (χ0) is 11.5. The molecule has 84 valence electrons. The van der Waals surface area contributed by atoms with Crippen molar-refractivity contribution in [3.63, 3.8) is 0 Å². The summed E-state index contributed by atoms with van der Waals surface area (Å²) in [5.41, 5.74) is 1.83. The second-order valence-electron chi connectivity index (χ2n) is 4.44. The molecular formula is C13H16N2O. The maximum Gasteiger partial charge on any atom is 0.0991 e. The van der Waals surface area contributed by atoms with E-state index in [4.69, 9.17) is 5.26 Å². The minimum absolute atomic E-state index is 0.172. The van der Waals surface area contributed by atoms with Gasteiger partial charge in [0.1, 0.15) is 0 Å². The van der Waals surface area contributed by atoms with Gasteiger partial charge in [0.15, 0.2) is 0 Å². The lowest BCUT2D eigenvalue weighted by molar-refractivity contribution is 0.0971. The first-order valence-corrected chi connectivity index (χ1v) is 5.64. The Morgan fingerprint density at radius 2 is 2.06 bits per heavy atom. The Balaban J connectivity index is 2.10. The Morgan fingerprint density at radius 3 is 2.62 bits per heavy atom. The lowest BCUT2D eigenvalue weighted by atomic mass is 9.96. The molecule has 1 aromatic rings. The van der Waals surface area contributed by atoms with Gasteiger partial charge in [-0.15, -0.1) is 0 Å². The molecule has 16 heavy (non-hydrogen) atoms. The zero-order valence-corrected chi connectivity index (χ0v) is 9.43. The number of hydrogen-bond donors (Lipinski definition) is 1. The molecule has 0 bridgehead atoms. The van der Waals surface area contributed by atoms with E-state index in [0.717, 1.165) is 25.2 Å². The topological polar surface area (TPSA) is 47.3 Å². The summed E-state index contributed by atoms with van der Waals surface area (Å²) in [6, 6.07) is 9.74. The predicted octanol–water partition coefficient (Wildman–Crippen LogP) is 1.77. The monoisotopic (exact) mass is 216 g/mol. The first-order valence-electron chi connectivity index (χ1n) is 5.64. The van der Waals surface area contributed by atoms with Crippen LogP contribution in [0.2, 0.25) is 0 Å². The summed E-state index contributed by atoms with van der Waals surface area (Å²) in [5.74, 6) is 0.310. The molecule has 1 aliphatic heterocycles. The van der Waals surface area contributed by atoms with Gasteiger partial charge in [0.25, 0.3) is 0 Å². The molecule has 3 heteroatoms. The highest BCUT2D eigenvalue weighted by atomic mass is 16.3. The fourth-order valence-corrected chi connectivity index (χ4v) is 2.11. The van der Waals surface area contributed by atoms with Crippen molar-refractivity contribution in [2.24, 2.45) is 5.92 Å². The third kappa shape index (κ3) is 2.17. The van der Waals surface area contributed by atoms with Gasteiger partial charge in [-0.1, -0.05) is 6.92 Å². The third-order valence-electron chi connectivity index (χ3n) is 3.22. The van der Waals surface area contributed by atoms with Crippen molar-refractivity contribution in [3.05, 3.63) is 29.8 Å². The standard InChI is InChI=1S/C13H16N2O/c1-10-9-15(7-6-13(10)16)12-4-2-11(8-14)3-5-12/h2-5,10,13,16H,6-7,9H2,1H3. The molecule has 0 aliphatic carbocycles. The van der Waals surface area contributed by atoms with Gasteiger partial charge >= 0.3 is 0 Å². The lowest BCUT2D eigenvalue weighted by Gasteiger charge is -2.35. The van der Waals surface area contributed by atoms with Crippen molar-refractivity contribution in [1.82, 2.24) is 0 Å². The highest BCUT2D eigenvalue weighted by Gasteiger charge is 2.24. The Kier molecular flexibility index (Phi) is 3.12. The van der Waals surface area contributed by atoms with Gasteiger partial charge in [-0.2, -0.15) is 5.26 Å². The predicted molar refractivity (Wildman–Crippen MR) is 63.2 cm³/mol. The Hall–Kier alpha value is -1.53. The number of nitriles is 1. The maximum absolute atomic E-state index is 9.65. The van der Waals surface area contributed by atoms with Crippen LogP contribution in [0.5, 0.6) is 0 Å². The molecule has 2 unspecified atom stereocenters. The summed E-state index contributed by atoms with van der Waals surface area (Å²) < 4.78 is 0. The zero-order valence-electron chi connectivity index (χ0n) is 9.43. The fraction of sp³-hybridized carbons (Fsp3) is 0.462. The first kappa shape index (κ1) is 11.0. The molecule has 1 aliphatic rings. The summed E-state index contributed by atoms with van der Waals surface area (Å²) >= 11 is 0. The van der Waals surface area contributed by atoms with Crippen LogP contribution in [0.25, 0.3) is 0 Å². The summed E-state index contributed by atoms with van der Waals surface area (Å²) in [4.78, 5) is 2.26. The van der Waals surface area contributed by atoms with Crippen molar-refractivity contribution in [2.45, 2.75) is 19.4 Å². The molecule has 1 saturated heterocycles. The Morgan fingerprint density at radius 1 is 1.38 bits per heavy atom. The minimum atomic E-state index is -0.172. The van der Waals surface area contributed by atoms with Crippen LogP contribution >= 0.6 is 0 Å². The number of rotatable bonds is 1.